The van der Waals surface area contributed by atoms with Crippen LogP contribution in [0.1, 0.15) is 48.7 Å². The van der Waals surface area contributed by atoms with E-state index >= 15 is 0 Å². The number of carboxylic acid groups (broad SMARTS) is 1. The van der Waals surface area contributed by atoms with Crippen molar-refractivity contribution < 1.29 is 14.7 Å². The SMILES string of the molecule is CCc1nn(C)cc1C(=O)NC1(CC(=O)O)CCC1. The minimum absolute atomic E-state index is 0.0134. The summed E-state index contributed by atoms with van der Waals surface area (Å²) in [4.78, 5) is 23.2. The molecule has 1 fully saturated rings. The molecule has 1 amide bonds. The van der Waals surface area contributed by atoms with Crippen molar-refractivity contribution in [1.82, 2.24) is 15.1 Å². The van der Waals surface area contributed by atoms with Crippen LogP contribution in [0.4, 0.5) is 0 Å². The lowest BCUT2D eigenvalue weighted by molar-refractivity contribution is -0.139. The zero-order valence-corrected chi connectivity index (χ0v) is 11.3. The molecule has 2 N–H and O–H groups in total. The zero-order valence-electron chi connectivity index (χ0n) is 11.3. The average molecular weight is 265 g/mol. The summed E-state index contributed by atoms with van der Waals surface area (Å²) in [7, 11) is 1.77. The molecule has 0 bridgehead atoms. The Morgan fingerprint density at radius 3 is 2.68 bits per heavy atom. The number of nitrogens with one attached hydrogen (secondary N) is 1. The highest BCUT2D eigenvalue weighted by molar-refractivity contribution is 5.96. The third kappa shape index (κ3) is 2.77. The van der Waals surface area contributed by atoms with Crippen molar-refractivity contribution in [3.8, 4) is 0 Å². The van der Waals surface area contributed by atoms with Crippen molar-refractivity contribution in [3.05, 3.63) is 17.5 Å². The molecule has 1 heterocycles. The number of amides is 1. The highest BCUT2D eigenvalue weighted by atomic mass is 16.4. The number of hydrogen-bond donors (Lipinski definition) is 2. The Balaban J connectivity index is 2.13. The van der Waals surface area contributed by atoms with E-state index in [0.29, 0.717) is 12.0 Å². The summed E-state index contributed by atoms with van der Waals surface area (Å²) in [5.41, 5.74) is 0.718. The van der Waals surface area contributed by atoms with Gasteiger partial charge in [-0.3, -0.25) is 14.3 Å². The molecule has 1 aromatic heterocycles. The number of aromatic nitrogens is 2. The summed E-state index contributed by atoms with van der Waals surface area (Å²) in [6.07, 6.45) is 4.76. The van der Waals surface area contributed by atoms with Crippen LogP contribution in [-0.2, 0) is 18.3 Å². The van der Waals surface area contributed by atoms with Crippen molar-refractivity contribution in [2.45, 2.75) is 44.6 Å². The van der Waals surface area contributed by atoms with Crippen LogP contribution in [0.3, 0.4) is 0 Å². The zero-order chi connectivity index (χ0) is 14.0. The van der Waals surface area contributed by atoms with Gasteiger partial charge in [-0.05, 0) is 25.7 Å². The fraction of sp³-hybridized carbons (Fsp3) is 0.615. The van der Waals surface area contributed by atoms with Gasteiger partial charge in [0.15, 0.2) is 0 Å². The predicted molar refractivity (Wildman–Crippen MR) is 68.9 cm³/mol. The van der Waals surface area contributed by atoms with Crippen LogP contribution < -0.4 is 5.32 Å². The second kappa shape index (κ2) is 5.03. The first kappa shape index (κ1) is 13.6. The van der Waals surface area contributed by atoms with Crippen LogP contribution in [0.2, 0.25) is 0 Å². The molecule has 1 aromatic rings. The van der Waals surface area contributed by atoms with Crippen LogP contribution in [0.15, 0.2) is 6.20 Å². The van der Waals surface area contributed by atoms with Crippen molar-refractivity contribution >= 4 is 11.9 Å². The van der Waals surface area contributed by atoms with Crippen LogP contribution in [-0.4, -0.2) is 32.3 Å². The third-order valence-electron chi connectivity index (χ3n) is 3.66. The minimum atomic E-state index is -0.873. The van der Waals surface area contributed by atoms with E-state index in [1.165, 1.54) is 0 Å². The van der Waals surface area contributed by atoms with Gasteiger partial charge in [0.25, 0.3) is 5.91 Å². The average Bonchev–Trinajstić information content (AvgIpc) is 2.67. The fourth-order valence-electron chi connectivity index (χ4n) is 2.53. The second-order valence-electron chi connectivity index (χ2n) is 5.18. The molecule has 0 unspecified atom stereocenters. The maximum atomic E-state index is 12.3. The molecule has 19 heavy (non-hydrogen) atoms. The number of carbonyl (C=O) groups excluding carboxylic acids is 1. The van der Waals surface area contributed by atoms with Gasteiger partial charge >= 0.3 is 5.97 Å². The Hall–Kier alpha value is -1.85. The van der Waals surface area contributed by atoms with Gasteiger partial charge in [0.2, 0.25) is 0 Å². The van der Waals surface area contributed by atoms with Gasteiger partial charge in [-0.1, -0.05) is 6.92 Å². The number of aliphatic carboxylic acids is 1. The quantitative estimate of drug-likeness (QED) is 0.835. The molecule has 6 nitrogen and oxygen atoms in total. The number of carbonyl (C=O) groups is 2. The van der Waals surface area contributed by atoms with Crippen molar-refractivity contribution in [2.75, 3.05) is 0 Å². The normalized spacial score (nSPS) is 16.7. The van der Waals surface area contributed by atoms with Gasteiger partial charge in [-0.25, -0.2) is 0 Å². The molecule has 0 atom stereocenters. The Morgan fingerprint density at radius 1 is 1.53 bits per heavy atom. The van der Waals surface area contributed by atoms with Crippen LogP contribution >= 0.6 is 0 Å². The molecule has 0 radical (unpaired) electrons. The van der Waals surface area contributed by atoms with Crippen molar-refractivity contribution in [1.29, 1.82) is 0 Å². The molecular weight excluding hydrogens is 246 g/mol. The van der Waals surface area contributed by atoms with Gasteiger partial charge in [-0.2, -0.15) is 5.10 Å². The molecule has 0 saturated heterocycles. The molecule has 104 valence electrons. The number of carboxylic acids is 1. The number of hydrogen-bond acceptors (Lipinski definition) is 3. The van der Waals surface area contributed by atoms with E-state index in [1.54, 1.807) is 17.9 Å². The standard InChI is InChI=1S/C13H19N3O3/c1-3-10-9(8-16(2)15-10)12(19)14-13(5-4-6-13)7-11(17)18/h8H,3-7H2,1-2H3,(H,14,19)(H,17,18). The lowest BCUT2D eigenvalue weighted by Gasteiger charge is -2.41. The van der Waals surface area contributed by atoms with Crippen LogP contribution in [0.5, 0.6) is 0 Å². The van der Waals surface area contributed by atoms with E-state index in [2.05, 4.69) is 10.4 Å². The first-order valence-electron chi connectivity index (χ1n) is 6.52. The van der Waals surface area contributed by atoms with Crippen LogP contribution in [0.25, 0.3) is 0 Å². The molecule has 1 aliphatic carbocycles. The summed E-state index contributed by atoms with van der Waals surface area (Å²) in [6.45, 7) is 1.94. The number of rotatable bonds is 5. The number of nitrogens with zero attached hydrogens (tertiary/aromatic N) is 2. The number of aryl methyl sites for hydroxylation is 2. The summed E-state index contributed by atoms with van der Waals surface area (Å²) in [5.74, 6) is -1.09. The first-order valence-corrected chi connectivity index (χ1v) is 6.52. The van der Waals surface area contributed by atoms with Gasteiger partial charge in [-0.15, -0.1) is 0 Å². The summed E-state index contributed by atoms with van der Waals surface area (Å²) in [5, 5.41) is 16.1. The predicted octanol–water partition coefficient (Wildman–Crippen LogP) is 1.11. The largest absolute Gasteiger partial charge is 0.481 e. The summed E-state index contributed by atoms with van der Waals surface area (Å²) in [6, 6.07) is 0. The molecule has 1 aliphatic rings. The topological polar surface area (TPSA) is 84.2 Å². The maximum absolute atomic E-state index is 12.3. The second-order valence-corrected chi connectivity index (χ2v) is 5.18. The van der Waals surface area contributed by atoms with Gasteiger partial charge < -0.3 is 10.4 Å². The monoisotopic (exact) mass is 265 g/mol. The molecule has 2 rings (SSSR count). The lowest BCUT2D eigenvalue weighted by Crippen LogP contribution is -2.54. The Morgan fingerprint density at radius 2 is 2.21 bits per heavy atom. The van der Waals surface area contributed by atoms with E-state index in [0.717, 1.165) is 25.0 Å². The van der Waals surface area contributed by atoms with Crippen LogP contribution in [0, 0.1) is 0 Å². The first-order chi connectivity index (χ1) is 8.96. The highest BCUT2D eigenvalue weighted by Crippen LogP contribution is 2.35. The molecule has 6 heteroatoms. The maximum Gasteiger partial charge on any atom is 0.305 e. The van der Waals surface area contributed by atoms with Gasteiger partial charge in [0.1, 0.15) is 0 Å². The smallest absolute Gasteiger partial charge is 0.305 e. The van der Waals surface area contributed by atoms with E-state index < -0.39 is 11.5 Å². The Bertz CT molecular complexity index is 503. The molecule has 0 aromatic carbocycles. The van der Waals surface area contributed by atoms with Crippen molar-refractivity contribution in [3.63, 3.8) is 0 Å². The summed E-state index contributed by atoms with van der Waals surface area (Å²) < 4.78 is 1.61. The Kier molecular flexibility index (Phi) is 3.59. The lowest BCUT2D eigenvalue weighted by atomic mass is 9.74. The third-order valence-corrected chi connectivity index (χ3v) is 3.66. The Labute approximate surface area is 111 Å². The van der Waals surface area contributed by atoms with E-state index in [9.17, 15) is 9.59 Å². The fourth-order valence-corrected chi connectivity index (χ4v) is 2.53. The van der Waals surface area contributed by atoms with Crippen molar-refractivity contribution in [2.24, 2.45) is 7.05 Å². The van der Waals surface area contributed by atoms with Gasteiger partial charge in [0.05, 0.1) is 23.2 Å². The minimum Gasteiger partial charge on any atom is -0.481 e. The van der Waals surface area contributed by atoms with Gasteiger partial charge in [0, 0.05) is 13.2 Å². The highest BCUT2D eigenvalue weighted by Gasteiger charge is 2.40. The molecule has 1 saturated carbocycles. The van der Waals surface area contributed by atoms with E-state index in [1.807, 2.05) is 6.92 Å². The van der Waals surface area contributed by atoms with E-state index in [-0.39, 0.29) is 12.3 Å². The molecule has 0 spiro atoms. The van der Waals surface area contributed by atoms with E-state index in [4.69, 9.17) is 5.11 Å². The summed E-state index contributed by atoms with van der Waals surface area (Å²) >= 11 is 0. The molecule has 0 aliphatic heterocycles. The molecular formula is C13H19N3O3.